The molecule has 0 aromatic carbocycles. The van der Waals surface area contributed by atoms with Gasteiger partial charge in [-0.25, -0.2) is 10.1 Å². The number of hydrogen-bond acceptors (Lipinski definition) is 4. The van der Waals surface area contributed by atoms with Crippen molar-refractivity contribution in [2.45, 2.75) is 13.8 Å². The molecule has 0 N–H and O–H groups in total. The second kappa shape index (κ2) is 4.20. The Morgan fingerprint density at radius 3 is 2.09 bits per heavy atom. The highest BCUT2D eigenvalue weighted by Crippen LogP contribution is 2.06. The fourth-order valence-electron chi connectivity index (χ4n) is 0.771. The van der Waals surface area contributed by atoms with Gasteiger partial charge in [0.25, 0.3) is 0 Å². The molecule has 0 atom stereocenters. The van der Waals surface area contributed by atoms with Crippen molar-refractivity contribution in [2.24, 2.45) is 0 Å². The van der Waals surface area contributed by atoms with Gasteiger partial charge in [0, 0.05) is 12.4 Å². The van der Waals surface area contributed by atoms with Crippen molar-refractivity contribution in [2.75, 3.05) is 19.9 Å². The van der Waals surface area contributed by atoms with Crippen LogP contribution in [0.15, 0.2) is 12.4 Å². The molecule has 0 aromatic rings. The third-order valence-electron chi connectivity index (χ3n) is 1.14. The van der Waals surface area contributed by atoms with Crippen LogP contribution in [0.2, 0.25) is 0 Å². The van der Waals surface area contributed by atoms with Crippen molar-refractivity contribution >= 4 is 0 Å². The SMILES string of the molecule is [2H]C1N(OCC)C=CN1OCC. The largest absolute Gasteiger partial charge is 0.272 e. The number of hydroxylamine groups is 4. The smallest absolute Gasteiger partial charge is 0.141 e. The molecule has 0 aromatic heterocycles. The van der Waals surface area contributed by atoms with Crippen LogP contribution in [0.1, 0.15) is 15.2 Å². The van der Waals surface area contributed by atoms with Crippen LogP contribution in [0.25, 0.3) is 0 Å². The van der Waals surface area contributed by atoms with E-state index in [1.807, 2.05) is 13.8 Å². The van der Waals surface area contributed by atoms with Gasteiger partial charge in [-0.2, -0.15) is 0 Å². The first-order chi connectivity index (χ1) is 5.79. The molecule has 1 aliphatic heterocycles. The van der Waals surface area contributed by atoms with Crippen LogP contribution in [0.5, 0.6) is 0 Å². The van der Waals surface area contributed by atoms with Crippen LogP contribution in [0.3, 0.4) is 0 Å². The molecule has 1 aliphatic rings. The zero-order valence-electron chi connectivity index (χ0n) is 7.86. The molecule has 0 radical (unpaired) electrons. The highest BCUT2D eigenvalue weighted by molar-refractivity contribution is 4.82. The maximum absolute atomic E-state index is 7.59. The summed E-state index contributed by atoms with van der Waals surface area (Å²) in [7, 11) is 0. The highest BCUT2D eigenvalue weighted by Gasteiger charge is 2.11. The predicted molar refractivity (Wildman–Crippen MR) is 40.9 cm³/mol. The van der Waals surface area contributed by atoms with E-state index in [1.165, 1.54) is 10.1 Å². The van der Waals surface area contributed by atoms with E-state index in [2.05, 4.69) is 0 Å². The van der Waals surface area contributed by atoms with Gasteiger partial charge in [-0.05, 0) is 13.8 Å². The molecule has 1 rings (SSSR count). The Balaban J connectivity index is 2.38. The normalized spacial score (nSPS) is 19.6. The third kappa shape index (κ3) is 2.40. The zero-order valence-corrected chi connectivity index (χ0v) is 6.86. The maximum atomic E-state index is 7.59. The van der Waals surface area contributed by atoms with Gasteiger partial charge < -0.3 is 0 Å². The summed E-state index contributed by atoms with van der Waals surface area (Å²) in [5.41, 5.74) is 0. The summed E-state index contributed by atoms with van der Waals surface area (Å²) in [5, 5.41) is 2.88. The molecule has 0 saturated carbocycles. The van der Waals surface area contributed by atoms with Gasteiger partial charge >= 0.3 is 0 Å². The molecule has 0 unspecified atom stereocenters. The van der Waals surface area contributed by atoms with E-state index in [9.17, 15) is 0 Å². The van der Waals surface area contributed by atoms with E-state index < -0.39 is 6.64 Å². The second-order valence-electron chi connectivity index (χ2n) is 1.97. The number of rotatable bonds is 4. The van der Waals surface area contributed by atoms with Gasteiger partial charge in [-0.3, -0.25) is 9.68 Å². The van der Waals surface area contributed by atoms with Crippen molar-refractivity contribution < 1.29 is 11.0 Å². The Hall–Kier alpha value is -0.740. The van der Waals surface area contributed by atoms with Crippen molar-refractivity contribution in [3.05, 3.63) is 12.4 Å². The average molecular weight is 159 g/mol. The quantitative estimate of drug-likeness (QED) is 0.609. The minimum atomic E-state index is -0.620. The van der Waals surface area contributed by atoms with Crippen LogP contribution >= 0.6 is 0 Å². The van der Waals surface area contributed by atoms with Crippen LogP contribution < -0.4 is 0 Å². The lowest BCUT2D eigenvalue weighted by atomic mass is 10.9. The Bertz CT molecular complexity index is 149. The van der Waals surface area contributed by atoms with E-state index in [0.717, 1.165) is 0 Å². The summed E-state index contributed by atoms with van der Waals surface area (Å²) >= 11 is 0. The molecule has 0 bridgehead atoms. The summed E-state index contributed by atoms with van der Waals surface area (Å²) in [6.07, 6.45) is 3.35. The van der Waals surface area contributed by atoms with Crippen LogP contribution in [0.4, 0.5) is 0 Å². The lowest BCUT2D eigenvalue weighted by Gasteiger charge is -2.18. The number of hydrogen-bond donors (Lipinski definition) is 0. The molecule has 0 saturated heterocycles. The average Bonchev–Trinajstić information content (AvgIpc) is 2.38. The predicted octanol–water partition coefficient (Wildman–Crippen LogP) is 0.936. The summed E-state index contributed by atoms with van der Waals surface area (Å²) in [6, 6.07) is 0. The van der Waals surface area contributed by atoms with Crippen LogP contribution in [-0.2, 0) is 9.68 Å². The van der Waals surface area contributed by atoms with E-state index >= 15 is 0 Å². The minimum Gasteiger partial charge on any atom is -0.272 e. The molecule has 0 aliphatic carbocycles. The van der Waals surface area contributed by atoms with Crippen molar-refractivity contribution in [3.63, 3.8) is 0 Å². The van der Waals surface area contributed by atoms with Gasteiger partial charge in [0.2, 0.25) is 0 Å². The summed E-state index contributed by atoms with van der Waals surface area (Å²) in [5.74, 6) is 0. The first-order valence-corrected chi connectivity index (χ1v) is 3.72. The molecule has 1 heterocycles. The van der Waals surface area contributed by atoms with Crippen LogP contribution in [0, 0.1) is 0 Å². The maximum Gasteiger partial charge on any atom is 0.141 e. The monoisotopic (exact) mass is 159 g/mol. The fourth-order valence-corrected chi connectivity index (χ4v) is 0.771. The molecule has 11 heavy (non-hydrogen) atoms. The molecule has 64 valence electrons. The van der Waals surface area contributed by atoms with Crippen LogP contribution in [-0.4, -0.2) is 30.0 Å². The van der Waals surface area contributed by atoms with E-state index in [1.54, 1.807) is 12.4 Å². The summed E-state index contributed by atoms with van der Waals surface area (Å²) < 4.78 is 7.59. The van der Waals surface area contributed by atoms with Crippen molar-refractivity contribution in [3.8, 4) is 0 Å². The van der Waals surface area contributed by atoms with Gasteiger partial charge in [-0.15, -0.1) is 0 Å². The Kier molecular flexibility index (Phi) is 2.65. The third-order valence-corrected chi connectivity index (χ3v) is 1.14. The Labute approximate surface area is 68.3 Å². The van der Waals surface area contributed by atoms with E-state index in [0.29, 0.717) is 13.2 Å². The molecular weight excluding hydrogens is 144 g/mol. The van der Waals surface area contributed by atoms with E-state index in [-0.39, 0.29) is 0 Å². The van der Waals surface area contributed by atoms with Gasteiger partial charge in [-0.1, -0.05) is 0 Å². The Morgan fingerprint density at radius 2 is 1.73 bits per heavy atom. The molecule has 0 spiro atoms. The number of nitrogens with zero attached hydrogens (tertiary/aromatic N) is 2. The zero-order chi connectivity index (χ0) is 8.97. The standard InChI is InChI=1S/C7H14N2O2/c1-3-10-8-5-6-9(7-8)11-4-2/h5-6H,3-4,7H2,1-2H3/i7D. The van der Waals surface area contributed by atoms with E-state index in [4.69, 9.17) is 11.0 Å². The fraction of sp³-hybridized carbons (Fsp3) is 0.714. The summed E-state index contributed by atoms with van der Waals surface area (Å²) in [6.45, 7) is 4.25. The molecule has 4 nitrogen and oxygen atoms in total. The Morgan fingerprint density at radius 1 is 1.27 bits per heavy atom. The molecular formula is C7H14N2O2. The lowest BCUT2D eigenvalue weighted by Crippen LogP contribution is -2.25. The van der Waals surface area contributed by atoms with Gasteiger partial charge in [0.15, 0.2) is 0 Å². The molecule has 4 heteroatoms. The van der Waals surface area contributed by atoms with Crippen molar-refractivity contribution in [1.29, 1.82) is 0 Å². The van der Waals surface area contributed by atoms with Crippen molar-refractivity contribution in [1.82, 2.24) is 10.1 Å². The molecule has 0 amide bonds. The first-order valence-electron chi connectivity index (χ1n) is 4.30. The highest BCUT2D eigenvalue weighted by atomic mass is 16.7. The van der Waals surface area contributed by atoms with Gasteiger partial charge in [0.05, 0.1) is 14.6 Å². The lowest BCUT2D eigenvalue weighted by molar-refractivity contribution is -0.191. The topological polar surface area (TPSA) is 24.9 Å². The second-order valence-corrected chi connectivity index (χ2v) is 1.97. The first kappa shape index (κ1) is 6.94. The van der Waals surface area contributed by atoms with Gasteiger partial charge in [0.1, 0.15) is 6.64 Å². The molecule has 0 fully saturated rings. The summed E-state index contributed by atoms with van der Waals surface area (Å²) in [4.78, 5) is 10.3. The minimum absolute atomic E-state index is 0.555.